The minimum atomic E-state index is -0.203. The highest BCUT2D eigenvalue weighted by Crippen LogP contribution is 2.28. The third kappa shape index (κ3) is 3.99. The number of hydrogen-bond acceptors (Lipinski definition) is 4. The van der Waals surface area contributed by atoms with E-state index >= 15 is 0 Å². The number of nitrogens with zero attached hydrogens (tertiary/aromatic N) is 3. The van der Waals surface area contributed by atoms with Crippen LogP contribution in [0.5, 0.6) is 0 Å². The molecule has 3 heterocycles. The number of rotatable bonds is 5. The predicted octanol–water partition coefficient (Wildman–Crippen LogP) is 4.18. The van der Waals surface area contributed by atoms with E-state index in [4.69, 9.17) is 4.42 Å². The first-order valence-electron chi connectivity index (χ1n) is 9.07. The van der Waals surface area contributed by atoms with E-state index in [1.807, 2.05) is 18.3 Å². The first-order valence-corrected chi connectivity index (χ1v) is 9.07. The Bertz CT molecular complexity index is 849. The molecule has 3 aromatic rings. The van der Waals surface area contributed by atoms with Gasteiger partial charge in [-0.15, -0.1) is 0 Å². The lowest BCUT2D eigenvalue weighted by Gasteiger charge is -2.31. The lowest BCUT2D eigenvalue weighted by atomic mass is 9.97. The van der Waals surface area contributed by atoms with E-state index in [0.29, 0.717) is 12.0 Å². The molecule has 0 radical (unpaired) electrons. The summed E-state index contributed by atoms with van der Waals surface area (Å²) in [5.74, 6) is 1.57. The smallest absolute Gasteiger partial charge is 0.198 e. The summed E-state index contributed by atoms with van der Waals surface area (Å²) in [6.07, 6.45) is 8.08. The molecule has 26 heavy (non-hydrogen) atoms. The van der Waals surface area contributed by atoms with E-state index in [1.54, 1.807) is 24.5 Å². The molecule has 2 aromatic heterocycles. The monoisotopic (exact) mass is 351 g/mol. The van der Waals surface area contributed by atoms with Gasteiger partial charge in [0.15, 0.2) is 5.89 Å². The molecule has 0 bridgehead atoms. The minimum absolute atomic E-state index is 0.203. The zero-order valence-electron chi connectivity index (χ0n) is 14.6. The molecule has 0 saturated carbocycles. The van der Waals surface area contributed by atoms with Gasteiger partial charge in [0.05, 0.1) is 6.20 Å². The van der Waals surface area contributed by atoms with Crippen molar-refractivity contribution in [1.82, 2.24) is 14.9 Å². The van der Waals surface area contributed by atoms with E-state index in [9.17, 15) is 4.39 Å². The molecule has 0 N–H and O–H groups in total. The van der Waals surface area contributed by atoms with Crippen LogP contribution in [0.4, 0.5) is 4.39 Å². The van der Waals surface area contributed by atoms with Crippen LogP contribution in [0.3, 0.4) is 0 Å². The van der Waals surface area contributed by atoms with Gasteiger partial charge in [0, 0.05) is 37.8 Å². The topological polar surface area (TPSA) is 42.2 Å². The van der Waals surface area contributed by atoms with Crippen LogP contribution in [0, 0.1) is 5.82 Å². The van der Waals surface area contributed by atoms with Gasteiger partial charge in [-0.3, -0.25) is 9.88 Å². The van der Waals surface area contributed by atoms with Gasteiger partial charge in [-0.25, -0.2) is 9.37 Å². The lowest BCUT2D eigenvalue weighted by Crippen LogP contribution is -2.34. The summed E-state index contributed by atoms with van der Waals surface area (Å²) in [5, 5.41) is 0. The average molecular weight is 351 g/mol. The van der Waals surface area contributed by atoms with Crippen LogP contribution in [0.25, 0.3) is 0 Å². The zero-order valence-corrected chi connectivity index (χ0v) is 14.6. The van der Waals surface area contributed by atoms with Crippen molar-refractivity contribution < 1.29 is 8.81 Å². The number of pyridine rings is 1. The summed E-state index contributed by atoms with van der Waals surface area (Å²) in [5.41, 5.74) is 1.86. The molecule has 1 atom stereocenters. The molecular weight excluding hydrogens is 329 g/mol. The maximum absolute atomic E-state index is 13.8. The van der Waals surface area contributed by atoms with Gasteiger partial charge in [-0.05, 0) is 42.6 Å². The number of piperidine rings is 1. The predicted molar refractivity (Wildman–Crippen MR) is 97.2 cm³/mol. The van der Waals surface area contributed by atoms with Crippen molar-refractivity contribution in [3.05, 3.63) is 83.6 Å². The molecule has 1 aliphatic rings. The second-order valence-electron chi connectivity index (χ2n) is 6.87. The summed E-state index contributed by atoms with van der Waals surface area (Å²) in [6, 6.07) is 10.9. The van der Waals surface area contributed by atoms with Crippen molar-refractivity contribution in [2.75, 3.05) is 13.1 Å². The van der Waals surface area contributed by atoms with Crippen LogP contribution in [0.2, 0.25) is 0 Å². The Hall–Kier alpha value is -2.53. The van der Waals surface area contributed by atoms with Gasteiger partial charge in [0.2, 0.25) is 0 Å². The van der Waals surface area contributed by atoms with Crippen LogP contribution in [-0.2, 0) is 13.0 Å². The number of halogens is 1. The van der Waals surface area contributed by atoms with Crippen molar-refractivity contribution in [2.45, 2.75) is 31.7 Å². The molecule has 5 heteroatoms. The molecule has 0 aliphatic carbocycles. The van der Waals surface area contributed by atoms with Crippen molar-refractivity contribution in [1.29, 1.82) is 0 Å². The van der Waals surface area contributed by atoms with Gasteiger partial charge < -0.3 is 4.42 Å². The van der Waals surface area contributed by atoms with Crippen molar-refractivity contribution in [2.24, 2.45) is 0 Å². The summed E-state index contributed by atoms with van der Waals surface area (Å²) >= 11 is 0. The Morgan fingerprint density at radius 2 is 2.08 bits per heavy atom. The molecule has 0 spiro atoms. The first kappa shape index (κ1) is 16.9. The molecule has 4 rings (SSSR count). The Morgan fingerprint density at radius 3 is 2.92 bits per heavy atom. The van der Waals surface area contributed by atoms with E-state index in [-0.39, 0.29) is 11.7 Å². The molecule has 134 valence electrons. The van der Waals surface area contributed by atoms with E-state index in [1.165, 1.54) is 11.6 Å². The summed E-state index contributed by atoms with van der Waals surface area (Å²) < 4.78 is 19.8. The van der Waals surface area contributed by atoms with E-state index in [0.717, 1.165) is 44.1 Å². The molecule has 1 unspecified atom stereocenters. The number of oxazole rings is 1. The molecular formula is C21H22FN3O. The number of aromatic nitrogens is 2. The summed E-state index contributed by atoms with van der Waals surface area (Å²) in [6.45, 7) is 2.90. The van der Waals surface area contributed by atoms with E-state index < -0.39 is 0 Å². The first-order chi connectivity index (χ1) is 12.8. The van der Waals surface area contributed by atoms with Crippen LogP contribution >= 0.6 is 0 Å². The molecule has 1 saturated heterocycles. The Morgan fingerprint density at radius 1 is 1.15 bits per heavy atom. The Balaban J connectivity index is 1.41. The normalized spacial score (nSPS) is 18.1. The van der Waals surface area contributed by atoms with Gasteiger partial charge in [0.1, 0.15) is 11.6 Å². The van der Waals surface area contributed by atoms with Crippen molar-refractivity contribution in [3.63, 3.8) is 0 Å². The van der Waals surface area contributed by atoms with Gasteiger partial charge >= 0.3 is 0 Å². The fourth-order valence-electron chi connectivity index (χ4n) is 3.57. The number of benzene rings is 1. The zero-order chi connectivity index (χ0) is 17.8. The fourth-order valence-corrected chi connectivity index (χ4v) is 3.57. The molecule has 1 aromatic carbocycles. The second kappa shape index (κ2) is 7.79. The minimum Gasteiger partial charge on any atom is -0.445 e. The van der Waals surface area contributed by atoms with Crippen LogP contribution in [0.1, 0.15) is 41.5 Å². The third-order valence-electron chi connectivity index (χ3n) is 4.88. The number of likely N-dealkylation sites (tertiary alicyclic amines) is 1. The van der Waals surface area contributed by atoms with Crippen molar-refractivity contribution >= 4 is 0 Å². The van der Waals surface area contributed by atoms with Crippen molar-refractivity contribution in [3.8, 4) is 0 Å². The second-order valence-corrected chi connectivity index (χ2v) is 6.87. The van der Waals surface area contributed by atoms with Crippen LogP contribution in [-0.4, -0.2) is 28.0 Å². The summed E-state index contributed by atoms with van der Waals surface area (Å²) in [4.78, 5) is 11.1. The standard InChI is InChI=1S/C21H22FN3O/c22-20-8-2-1-6-17(20)11-19-13-24-21(26-19)18-7-4-10-25(15-18)14-16-5-3-9-23-12-16/h1-3,5-6,8-9,12-13,18H,4,7,10-11,14-15H2. The number of hydrogen-bond donors (Lipinski definition) is 0. The van der Waals surface area contributed by atoms with Crippen LogP contribution < -0.4 is 0 Å². The maximum Gasteiger partial charge on any atom is 0.198 e. The highest BCUT2D eigenvalue weighted by molar-refractivity contribution is 5.22. The maximum atomic E-state index is 13.8. The van der Waals surface area contributed by atoms with Gasteiger partial charge in [-0.2, -0.15) is 0 Å². The molecule has 4 nitrogen and oxygen atoms in total. The Kier molecular flexibility index (Phi) is 5.07. The highest BCUT2D eigenvalue weighted by Gasteiger charge is 2.25. The lowest BCUT2D eigenvalue weighted by molar-refractivity contribution is 0.185. The fraction of sp³-hybridized carbons (Fsp3) is 0.333. The molecule has 1 aliphatic heterocycles. The van der Waals surface area contributed by atoms with Crippen LogP contribution in [0.15, 0.2) is 59.4 Å². The summed E-state index contributed by atoms with van der Waals surface area (Å²) in [7, 11) is 0. The molecule has 1 fully saturated rings. The Labute approximate surface area is 152 Å². The largest absolute Gasteiger partial charge is 0.445 e. The van der Waals surface area contributed by atoms with Gasteiger partial charge in [0.25, 0.3) is 0 Å². The average Bonchev–Trinajstić information content (AvgIpc) is 3.13. The van der Waals surface area contributed by atoms with Gasteiger partial charge in [-0.1, -0.05) is 24.3 Å². The van der Waals surface area contributed by atoms with E-state index in [2.05, 4.69) is 20.9 Å². The quantitative estimate of drug-likeness (QED) is 0.692. The SMILES string of the molecule is Fc1ccccc1Cc1cnc(C2CCCN(Cc3cccnc3)C2)o1. The third-order valence-corrected chi connectivity index (χ3v) is 4.88. The molecule has 0 amide bonds. The highest BCUT2D eigenvalue weighted by atomic mass is 19.1.